The molecule has 0 radical (unpaired) electrons. The topological polar surface area (TPSA) is 59.2 Å². The van der Waals surface area contributed by atoms with Crippen molar-refractivity contribution in [3.05, 3.63) is 58.7 Å². The molecule has 128 valence electrons. The van der Waals surface area contributed by atoms with E-state index in [1.54, 1.807) is 14.2 Å². The standard InChI is InChI=1S/C20H21N3O2/c1-12-4-6-13(7-5-12)11-21-20-16-8-14-9-17(24-2)18(25-3)10-15(14)19(16)22-23-20/h4-7,9-10H,8,11H2,1-3H3,(H2,21,22,23). The summed E-state index contributed by atoms with van der Waals surface area (Å²) >= 11 is 0. The zero-order valence-corrected chi connectivity index (χ0v) is 14.6. The molecule has 5 heteroatoms. The second-order valence-electron chi connectivity index (χ2n) is 6.31. The molecule has 0 bridgehead atoms. The van der Waals surface area contributed by atoms with Crippen LogP contribution in [-0.2, 0) is 13.0 Å². The Morgan fingerprint density at radius 3 is 2.52 bits per heavy atom. The number of hydrogen-bond donors (Lipinski definition) is 2. The Kier molecular flexibility index (Phi) is 3.84. The van der Waals surface area contributed by atoms with Crippen molar-refractivity contribution in [2.24, 2.45) is 0 Å². The fourth-order valence-electron chi connectivity index (χ4n) is 3.28. The summed E-state index contributed by atoms with van der Waals surface area (Å²) in [6.07, 6.45) is 0.831. The summed E-state index contributed by atoms with van der Waals surface area (Å²) in [5.41, 5.74) is 7.01. The highest BCUT2D eigenvalue weighted by Gasteiger charge is 2.26. The predicted octanol–water partition coefficient (Wildman–Crippen LogP) is 3.92. The lowest BCUT2D eigenvalue weighted by Crippen LogP contribution is -2.02. The molecule has 2 N–H and O–H groups in total. The number of aryl methyl sites for hydroxylation is 1. The van der Waals surface area contributed by atoms with Crippen LogP contribution >= 0.6 is 0 Å². The van der Waals surface area contributed by atoms with Gasteiger partial charge in [0.2, 0.25) is 0 Å². The number of anilines is 1. The number of benzene rings is 2. The Morgan fingerprint density at radius 2 is 1.80 bits per heavy atom. The summed E-state index contributed by atoms with van der Waals surface area (Å²) in [5, 5.41) is 11.1. The third-order valence-corrected chi connectivity index (χ3v) is 4.69. The molecule has 0 saturated carbocycles. The second kappa shape index (κ2) is 6.16. The molecule has 1 aliphatic rings. The summed E-state index contributed by atoms with van der Waals surface area (Å²) < 4.78 is 10.8. The van der Waals surface area contributed by atoms with Gasteiger partial charge in [-0.3, -0.25) is 5.10 Å². The average Bonchev–Trinajstić information content (AvgIpc) is 3.19. The largest absolute Gasteiger partial charge is 0.493 e. The number of nitrogens with one attached hydrogen (secondary N) is 2. The highest BCUT2D eigenvalue weighted by atomic mass is 16.5. The number of rotatable bonds is 5. The fraction of sp³-hybridized carbons (Fsp3) is 0.250. The van der Waals surface area contributed by atoms with Crippen LogP contribution in [0.15, 0.2) is 36.4 Å². The molecule has 0 aliphatic heterocycles. The first-order chi connectivity index (χ1) is 12.2. The molecule has 0 amide bonds. The lowest BCUT2D eigenvalue weighted by Gasteiger charge is -2.10. The van der Waals surface area contributed by atoms with Crippen molar-refractivity contribution < 1.29 is 9.47 Å². The molecule has 0 atom stereocenters. The highest BCUT2D eigenvalue weighted by molar-refractivity contribution is 5.80. The maximum absolute atomic E-state index is 5.42. The lowest BCUT2D eigenvalue weighted by molar-refractivity contribution is 0.355. The predicted molar refractivity (Wildman–Crippen MR) is 98.4 cm³/mol. The van der Waals surface area contributed by atoms with E-state index in [1.807, 2.05) is 12.1 Å². The minimum atomic E-state index is 0.728. The molecular formula is C20H21N3O2. The van der Waals surface area contributed by atoms with Gasteiger partial charge < -0.3 is 14.8 Å². The summed E-state index contributed by atoms with van der Waals surface area (Å²) in [4.78, 5) is 0. The van der Waals surface area contributed by atoms with Crippen molar-refractivity contribution in [3.63, 3.8) is 0 Å². The first-order valence-corrected chi connectivity index (χ1v) is 8.31. The molecule has 5 nitrogen and oxygen atoms in total. The van der Waals surface area contributed by atoms with Crippen molar-refractivity contribution in [2.45, 2.75) is 19.9 Å². The number of nitrogens with zero attached hydrogens (tertiary/aromatic N) is 1. The van der Waals surface area contributed by atoms with E-state index in [-0.39, 0.29) is 0 Å². The Bertz CT molecular complexity index is 913. The van der Waals surface area contributed by atoms with Crippen LogP contribution in [0.4, 0.5) is 5.82 Å². The van der Waals surface area contributed by atoms with Crippen LogP contribution < -0.4 is 14.8 Å². The number of hydrogen-bond acceptors (Lipinski definition) is 4. The van der Waals surface area contributed by atoms with Gasteiger partial charge in [-0.1, -0.05) is 29.8 Å². The van der Waals surface area contributed by atoms with Gasteiger partial charge in [-0.25, -0.2) is 0 Å². The molecule has 0 spiro atoms. The van der Waals surface area contributed by atoms with Gasteiger partial charge in [0.1, 0.15) is 5.82 Å². The van der Waals surface area contributed by atoms with Gasteiger partial charge in [-0.15, -0.1) is 0 Å². The molecule has 2 aromatic carbocycles. The molecule has 0 saturated heterocycles. The van der Waals surface area contributed by atoms with Crippen molar-refractivity contribution in [1.29, 1.82) is 0 Å². The number of H-pyrrole nitrogens is 1. The lowest BCUT2D eigenvalue weighted by atomic mass is 10.1. The number of aromatic amines is 1. The Labute approximate surface area is 147 Å². The van der Waals surface area contributed by atoms with Gasteiger partial charge in [-0.2, -0.15) is 5.10 Å². The van der Waals surface area contributed by atoms with Crippen LogP contribution in [0.2, 0.25) is 0 Å². The molecule has 1 aliphatic carbocycles. The molecule has 1 heterocycles. The molecule has 1 aromatic heterocycles. The first kappa shape index (κ1) is 15.6. The highest BCUT2D eigenvalue weighted by Crippen LogP contribution is 2.43. The summed E-state index contributed by atoms with van der Waals surface area (Å²) in [6, 6.07) is 12.6. The summed E-state index contributed by atoms with van der Waals surface area (Å²) in [7, 11) is 3.31. The summed E-state index contributed by atoms with van der Waals surface area (Å²) in [6.45, 7) is 2.86. The SMILES string of the molecule is COc1cc2c(cc1OC)-c1n[nH]c(NCc3ccc(C)cc3)c1C2. The van der Waals surface area contributed by atoms with Gasteiger partial charge in [0.25, 0.3) is 0 Å². The smallest absolute Gasteiger partial charge is 0.161 e. The third-order valence-electron chi connectivity index (χ3n) is 4.69. The summed E-state index contributed by atoms with van der Waals surface area (Å²) in [5.74, 6) is 2.46. The van der Waals surface area contributed by atoms with Crippen LogP contribution in [0, 0.1) is 6.92 Å². The van der Waals surface area contributed by atoms with Crippen molar-refractivity contribution in [3.8, 4) is 22.8 Å². The second-order valence-corrected chi connectivity index (χ2v) is 6.31. The quantitative estimate of drug-likeness (QED) is 0.580. The van der Waals surface area contributed by atoms with E-state index < -0.39 is 0 Å². The van der Waals surface area contributed by atoms with Crippen LogP contribution in [0.5, 0.6) is 11.5 Å². The Hall–Kier alpha value is -2.95. The Morgan fingerprint density at radius 1 is 1.08 bits per heavy atom. The van der Waals surface area contributed by atoms with E-state index in [1.165, 1.54) is 22.3 Å². The van der Waals surface area contributed by atoms with E-state index in [0.29, 0.717) is 0 Å². The van der Waals surface area contributed by atoms with Crippen LogP contribution in [0.25, 0.3) is 11.3 Å². The zero-order valence-electron chi connectivity index (χ0n) is 14.6. The average molecular weight is 335 g/mol. The third kappa shape index (κ3) is 2.71. The molecule has 25 heavy (non-hydrogen) atoms. The van der Waals surface area contributed by atoms with E-state index in [9.17, 15) is 0 Å². The van der Waals surface area contributed by atoms with Crippen molar-refractivity contribution in [2.75, 3.05) is 19.5 Å². The van der Waals surface area contributed by atoms with Gasteiger partial charge in [0, 0.05) is 24.1 Å². The van der Waals surface area contributed by atoms with E-state index in [2.05, 4.69) is 46.7 Å². The van der Waals surface area contributed by atoms with Crippen molar-refractivity contribution in [1.82, 2.24) is 10.2 Å². The maximum atomic E-state index is 5.42. The van der Waals surface area contributed by atoms with E-state index in [4.69, 9.17) is 9.47 Å². The van der Waals surface area contributed by atoms with E-state index >= 15 is 0 Å². The van der Waals surface area contributed by atoms with Gasteiger partial charge >= 0.3 is 0 Å². The maximum Gasteiger partial charge on any atom is 0.161 e. The number of methoxy groups -OCH3 is 2. The van der Waals surface area contributed by atoms with E-state index in [0.717, 1.165) is 41.5 Å². The van der Waals surface area contributed by atoms with Gasteiger partial charge in [0.15, 0.2) is 11.5 Å². The zero-order chi connectivity index (χ0) is 17.4. The number of fused-ring (bicyclic) bond motifs is 3. The molecule has 0 fully saturated rings. The molecular weight excluding hydrogens is 314 g/mol. The van der Waals surface area contributed by atoms with Crippen LogP contribution in [-0.4, -0.2) is 24.4 Å². The van der Waals surface area contributed by atoms with Crippen molar-refractivity contribution >= 4 is 5.82 Å². The monoisotopic (exact) mass is 335 g/mol. The van der Waals surface area contributed by atoms with Gasteiger partial charge in [-0.05, 0) is 30.2 Å². The molecule has 0 unspecified atom stereocenters. The van der Waals surface area contributed by atoms with Gasteiger partial charge in [0.05, 0.1) is 19.9 Å². The molecule has 3 aromatic rings. The van der Waals surface area contributed by atoms with Crippen LogP contribution in [0.1, 0.15) is 22.3 Å². The first-order valence-electron chi connectivity index (χ1n) is 8.31. The van der Waals surface area contributed by atoms with Crippen LogP contribution in [0.3, 0.4) is 0 Å². The number of aromatic nitrogens is 2. The minimum Gasteiger partial charge on any atom is -0.493 e. The minimum absolute atomic E-state index is 0.728. The normalized spacial score (nSPS) is 11.8. The Balaban J connectivity index is 1.59. The number of ether oxygens (including phenoxy) is 2. The molecule has 4 rings (SSSR count). The fourth-order valence-corrected chi connectivity index (χ4v) is 3.28.